The average molecular weight is 304 g/mol. The van der Waals surface area contributed by atoms with Gasteiger partial charge in [0, 0.05) is 30.7 Å². The van der Waals surface area contributed by atoms with Crippen LogP contribution in [0.3, 0.4) is 0 Å². The van der Waals surface area contributed by atoms with E-state index in [-0.39, 0.29) is 16.8 Å². The lowest BCUT2D eigenvalue weighted by Crippen LogP contribution is -2.14. The van der Waals surface area contributed by atoms with E-state index in [1.54, 1.807) is 18.2 Å². The Hall–Kier alpha value is -2.40. The number of pyridine rings is 1. The maximum absolute atomic E-state index is 12.2. The number of nitrogens with one attached hydrogen (secondary N) is 2. The zero-order chi connectivity index (χ0) is 15.4. The second-order valence-corrected chi connectivity index (χ2v) is 4.93. The van der Waals surface area contributed by atoms with E-state index in [9.17, 15) is 9.59 Å². The Kier molecular flexibility index (Phi) is 4.55. The monoisotopic (exact) mass is 303 g/mol. The average Bonchev–Trinajstić information content (AvgIpc) is 2.42. The molecule has 5 nitrogen and oxygen atoms in total. The zero-order valence-corrected chi connectivity index (χ0v) is 12.4. The van der Waals surface area contributed by atoms with Crippen molar-refractivity contribution >= 4 is 34.8 Å². The molecule has 6 heteroatoms. The van der Waals surface area contributed by atoms with Gasteiger partial charge < -0.3 is 10.6 Å². The summed E-state index contributed by atoms with van der Waals surface area (Å²) in [5, 5.41) is 5.73. The highest BCUT2D eigenvalue weighted by Gasteiger charge is 2.12. The van der Waals surface area contributed by atoms with Crippen molar-refractivity contribution < 1.29 is 9.59 Å². The van der Waals surface area contributed by atoms with Gasteiger partial charge in [-0.05, 0) is 30.7 Å². The molecule has 2 rings (SSSR count). The molecule has 2 N–H and O–H groups in total. The highest BCUT2D eigenvalue weighted by Crippen LogP contribution is 2.22. The third-order valence-electron chi connectivity index (χ3n) is 2.82. The van der Waals surface area contributed by atoms with Gasteiger partial charge in [0.25, 0.3) is 5.91 Å². The lowest BCUT2D eigenvalue weighted by molar-refractivity contribution is -0.114. The molecule has 2 aromatic rings. The number of aryl methyl sites for hydroxylation is 1. The van der Waals surface area contributed by atoms with E-state index in [1.807, 2.05) is 13.0 Å². The van der Waals surface area contributed by atoms with Crippen LogP contribution < -0.4 is 10.6 Å². The summed E-state index contributed by atoms with van der Waals surface area (Å²) in [4.78, 5) is 27.1. The maximum Gasteiger partial charge on any atom is 0.257 e. The van der Waals surface area contributed by atoms with Gasteiger partial charge in [-0.3, -0.25) is 14.6 Å². The van der Waals surface area contributed by atoms with Crippen molar-refractivity contribution in [1.82, 2.24) is 4.98 Å². The lowest BCUT2D eigenvalue weighted by Gasteiger charge is -2.11. The minimum atomic E-state index is -0.328. The van der Waals surface area contributed by atoms with E-state index in [4.69, 9.17) is 11.6 Å². The van der Waals surface area contributed by atoms with Crippen LogP contribution in [0.2, 0.25) is 5.02 Å². The third kappa shape index (κ3) is 3.79. The molecule has 2 amide bonds. The van der Waals surface area contributed by atoms with Crippen molar-refractivity contribution in [1.29, 1.82) is 0 Å². The van der Waals surface area contributed by atoms with Crippen molar-refractivity contribution in [2.75, 3.05) is 10.6 Å². The molecule has 0 spiro atoms. The van der Waals surface area contributed by atoms with Gasteiger partial charge in [-0.25, -0.2) is 0 Å². The van der Waals surface area contributed by atoms with Gasteiger partial charge in [0.15, 0.2) is 0 Å². The number of benzene rings is 1. The molecule has 0 radical (unpaired) electrons. The van der Waals surface area contributed by atoms with E-state index in [1.165, 1.54) is 19.3 Å². The molecular formula is C15H14ClN3O2. The number of hydrogen-bond acceptors (Lipinski definition) is 3. The fraction of sp³-hybridized carbons (Fsp3) is 0.133. The van der Waals surface area contributed by atoms with Crippen LogP contribution in [0.15, 0.2) is 36.7 Å². The Balaban J connectivity index is 2.24. The highest BCUT2D eigenvalue weighted by molar-refractivity contribution is 6.34. The topological polar surface area (TPSA) is 71.1 Å². The largest absolute Gasteiger partial charge is 0.326 e. The van der Waals surface area contributed by atoms with Crippen molar-refractivity contribution in [3.8, 4) is 0 Å². The highest BCUT2D eigenvalue weighted by atomic mass is 35.5. The minimum Gasteiger partial charge on any atom is -0.326 e. The summed E-state index contributed by atoms with van der Waals surface area (Å²) in [5.41, 5.74) is 2.45. The summed E-state index contributed by atoms with van der Waals surface area (Å²) < 4.78 is 0. The number of rotatable bonds is 3. The molecule has 0 aliphatic carbocycles. The Morgan fingerprint density at radius 1 is 1.19 bits per heavy atom. The van der Waals surface area contributed by atoms with Crippen molar-refractivity contribution in [2.24, 2.45) is 0 Å². The number of anilines is 2. The fourth-order valence-corrected chi connectivity index (χ4v) is 1.99. The Morgan fingerprint density at radius 2 is 1.95 bits per heavy atom. The van der Waals surface area contributed by atoms with Crippen LogP contribution in [-0.2, 0) is 4.79 Å². The van der Waals surface area contributed by atoms with E-state index in [0.29, 0.717) is 16.9 Å². The number of carbonyl (C=O) groups is 2. The molecule has 0 saturated carbocycles. The van der Waals surface area contributed by atoms with Crippen LogP contribution in [0, 0.1) is 6.92 Å². The first-order chi connectivity index (χ1) is 9.97. The van der Waals surface area contributed by atoms with Crippen LogP contribution in [-0.4, -0.2) is 16.8 Å². The van der Waals surface area contributed by atoms with Gasteiger partial charge in [0.05, 0.1) is 10.6 Å². The second kappa shape index (κ2) is 6.37. The summed E-state index contributed by atoms with van der Waals surface area (Å²) in [5.74, 6) is -0.501. The number of nitrogens with zero attached hydrogens (tertiary/aromatic N) is 1. The van der Waals surface area contributed by atoms with Crippen LogP contribution in [0.1, 0.15) is 22.8 Å². The lowest BCUT2D eigenvalue weighted by atomic mass is 10.1. The summed E-state index contributed by atoms with van der Waals surface area (Å²) in [6, 6.07) is 6.83. The number of hydrogen-bond donors (Lipinski definition) is 2. The van der Waals surface area contributed by atoms with Crippen molar-refractivity contribution in [3.63, 3.8) is 0 Å². The number of amides is 2. The van der Waals surface area contributed by atoms with E-state index < -0.39 is 0 Å². The first-order valence-electron chi connectivity index (χ1n) is 6.26. The van der Waals surface area contributed by atoms with E-state index >= 15 is 0 Å². The molecule has 0 aliphatic heterocycles. The normalized spacial score (nSPS) is 10.0. The standard InChI is InChI=1S/C15H14ClN3O2/c1-9-3-4-11(18-10(2)20)7-14(9)19-15(21)12-5-6-17-8-13(12)16/h3-8H,1-2H3,(H,18,20)(H,19,21). The number of aromatic nitrogens is 1. The third-order valence-corrected chi connectivity index (χ3v) is 3.12. The number of halogens is 1. The SMILES string of the molecule is CC(=O)Nc1ccc(C)c(NC(=O)c2ccncc2Cl)c1. The summed E-state index contributed by atoms with van der Waals surface area (Å²) >= 11 is 5.94. The van der Waals surface area contributed by atoms with Gasteiger partial charge in [0.1, 0.15) is 0 Å². The zero-order valence-electron chi connectivity index (χ0n) is 11.6. The molecular weight excluding hydrogens is 290 g/mol. The molecule has 0 atom stereocenters. The van der Waals surface area contributed by atoms with E-state index in [2.05, 4.69) is 15.6 Å². The second-order valence-electron chi connectivity index (χ2n) is 4.52. The van der Waals surface area contributed by atoms with Crippen LogP contribution >= 0.6 is 11.6 Å². The molecule has 21 heavy (non-hydrogen) atoms. The molecule has 0 saturated heterocycles. The van der Waals surface area contributed by atoms with Gasteiger partial charge in [-0.15, -0.1) is 0 Å². The Bertz CT molecular complexity index is 701. The van der Waals surface area contributed by atoms with Crippen LogP contribution in [0.4, 0.5) is 11.4 Å². The van der Waals surface area contributed by atoms with Gasteiger partial charge >= 0.3 is 0 Å². The summed E-state index contributed by atoms with van der Waals surface area (Å²) in [7, 11) is 0. The van der Waals surface area contributed by atoms with Crippen molar-refractivity contribution in [3.05, 3.63) is 52.8 Å². The molecule has 0 fully saturated rings. The van der Waals surface area contributed by atoms with Crippen LogP contribution in [0.5, 0.6) is 0 Å². The first kappa shape index (κ1) is 15.0. The smallest absolute Gasteiger partial charge is 0.257 e. The van der Waals surface area contributed by atoms with Crippen LogP contribution in [0.25, 0.3) is 0 Å². The molecule has 0 bridgehead atoms. The Morgan fingerprint density at radius 3 is 2.62 bits per heavy atom. The molecule has 1 aromatic carbocycles. The van der Waals surface area contributed by atoms with Gasteiger partial charge in [-0.2, -0.15) is 0 Å². The number of carbonyl (C=O) groups excluding carboxylic acids is 2. The summed E-state index contributed by atoms with van der Waals surface area (Å²) in [6.07, 6.45) is 2.92. The first-order valence-corrected chi connectivity index (χ1v) is 6.64. The maximum atomic E-state index is 12.2. The Labute approximate surface area is 127 Å². The van der Waals surface area contributed by atoms with Gasteiger partial charge in [0.2, 0.25) is 5.91 Å². The molecule has 1 aromatic heterocycles. The predicted molar refractivity (Wildman–Crippen MR) is 82.7 cm³/mol. The quantitative estimate of drug-likeness (QED) is 0.914. The minimum absolute atomic E-state index is 0.173. The molecule has 108 valence electrons. The predicted octanol–water partition coefficient (Wildman–Crippen LogP) is 3.25. The summed E-state index contributed by atoms with van der Waals surface area (Å²) in [6.45, 7) is 3.29. The molecule has 0 unspecified atom stereocenters. The fourth-order valence-electron chi connectivity index (χ4n) is 1.79. The molecule has 0 aliphatic rings. The van der Waals surface area contributed by atoms with E-state index in [0.717, 1.165) is 5.56 Å². The van der Waals surface area contributed by atoms with Gasteiger partial charge in [-0.1, -0.05) is 17.7 Å². The van der Waals surface area contributed by atoms with Crippen molar-refractivity contribution in [2.45, 2.75) is 13.8 Å². The molecule has 1 heterocycles.